The lowest BCUT2D eigenvalue weighted by atomic mass is 9.91. The van der Waals surface area contributed by atoms with Crippen molar-refractivity contribution in [1.82, 2.24) is 5.32 Å². The molecule has 4 nitrogen and oxygen atoms in total. The van der Waals surface area contributed by atoms with E-state index < -0.39 is 0 Å². The van der Waals surface area contributed by atoms with Crippen LogP contribution in [0.25, 0.3) is 0 Å². The zero-order valence-electron chi connectivity index (χ0n) is 6.75. The van der Waals surface area contributed by atoms with Gasteiger partial charge in [0.25, 0.3) is 0 Å². The van der Waals surface area contributed by atoms with Crippen LogP contribution in [0.1, 0.15) is 19.8 Å². The Labute approximate surface area is 66.1 Å². The van der Waals surface area contributed by atoms with Crippen LogP contribution in [0.15, 0.2) is 0 Å². The van der Waals surface area contributed by atoms with Crippen LogP contribution in [0, 0.1) is 16.0 Å². The second-order valence-corrected chi connectivity index (χ2v) is 3.01. The first-order valence-electron chi connectivity index (χ1n) is 4.10. The van der Waals surface area contributed by atoms with Crippen LogP contribution in [0.5, 0.6) is 0 Å². The fraction of sp³-hybridized carbons (Fsp3) is 1.00. The Morgan fingerprint density at radius 2 is 2.45 bits per heavy atom. The van der Waals surface area contributed by atoms with Gasteiger partial charge in [-0.3, -0.25) is 10.1 Å². The molecule has 0 saturated carbocycles. The van der Waals surface area contributed by atoms with E-state index in [4.69, 9.17) is 0 Å². The highest BCUT2D eigenvalue weighted by Crippen LogP contribution is 2.17. The highest BCUT2D eigenvalue weighted by Gasteiger charge is 2.32. The summed E-state index contributed by atoms with van der Waals surface area (Å²) < 4.78 is 0. The van der Waals surface area contributed by atoms with Crippen LogP contribution in [0.2, 0.25) is 0 Å². The van der Waals surface area contributed by atoms with Gasteiger partial charge in [-0.2, -0.15) is 0 Å². The molecule has 1 heterocycles. The Morgan fingerprint density at radius 1 is 1.73 bits per heavy atom. The Hall–Kier alpha value is -0.640. The number of hydrogen-bond donors (Lipinski definition) is 1. The number of piperidine rings is 1. The van der Waals surface area contributed by atoms with Crippen molar-refractivity contribution in [2.75, 3.05) is 13.1 Å². The molecule has 64 valence electrons. The quantitative estimate of drug-likeness (QED) is 0.474. The number of nitrogens with one attached hydrogen (secondary N) is 1. The lowest BCUT2D eigenvalue weighted by Crippen LogP contribution is -2.44. The van der Waals surface area contributed by atoms with E-state index in [9.17, 15) is 10.1 Å². The molecule has 0 unspecified atom stereocenters. The standard InChI is InChI=1S/C7H14N2O2/c1-2-6-3-4-8-5-7(6)9(10)11/h6-8H,2-5H2,1H3/t6-,7+/m0/s1. The predicted molar refractivity (Wildman–Crippen MR) is 42.1 cm³/mol. The minimum atomic E-state index is -0.353. The molecule has 1 aliphatic heterocycles. The first-order chi connectivity index (χ1) is 5.25. The average Bonchev–Trinajstić information content (AvgIpc) is 2.04. The molecule has 11 heavy (non-hydrogen) atoms. The van der Waals surface area contributed by atoms with Gasteiger partial charge in [0.15, 0.2) is 0 Å². The molecule has 2 atom stereocenters. The van der Waals surface area contributed by atoms with Crippen molar-refractivity contribution in [1.29, 1.82) is 0 Å². The zero-order chi connectivity index (χ0) is 8.27. The smallest absolute Gasteiger partial charge is 0.228 e. The third kappa shape index (κ3) is 1.89. The third-order valence-electron chi connectivity index (χ3n) is 2.38. The minimum absolute atomic E-state index is 0.152. The van der Waals surface area contributed by atoms with E-state index in [-0.39, 0.29) is 16.9 Å². The summed E-state index contributed by atoms with van der Waals surface area (Å²) in [6.45, 7) is 3.50. The van der Waals surface area contributed by atoms with Crippen molar-refractivity contribution >= 4 is 0 Å². The lowest BCUT2D eigenvalue weighted by molar-refractivity contribution is -0.532. The number of hydrogen-bond acceptors (Lipinski definition) is 3. The van der Waals surface area contributed by atoms with Crippen molar-refractivity contribution in [3.05, 3.63) is 10.1 Å². The van der Waals surface area contributed by atoms with Gasteiger partial charge in [-0.1, -0.05) is 6.92 Å². The van der Waals surface area contributed by atoms with Gasteiger partial charge in [-0.25, -0.2) is 0 Å². The van der Waals surface area contributed by atoms with Crippen LogP contribution in [0.4, 0.5) is 0 Å². The summed E-state index contributed by atoms with van der Waals surface area (Å²) in [5.41, 5.74) is 0. The molecule has 0 aromatic carbocycles. The van der Waals surface area contributed by atoms with E-state index >= 15 is 0 Å². The van der Waals surface area contributed by atoms with E-state index in [2.05, 4.69) is 5.32 Å². The summed E-state index contributed by atoms with van der Waals surface area (Å²) in [5, 5.41) is 13.5. The second-order valence-electron chi connectivity index (χ2n) is 3.01. The summed E-state index contributed by atoms with van der Waals surface area (Å²) >= 11 is 0. The number of nitro groups is 1. The van der Waals surface area contributed by atoms with E-state index in [0.29, 0.717) is 6.54 Å². The fourth-order valence-corrected chi connectivity index (χ4v) is 1.62. The molecule has 4 heteroatoms. The molecular formula is C7H14N2O2. The average molecular weight is 158 g/mol. The highest BCUT2D eigenvalue weighted by atomic mass is 16.6. The molecule has 1 saturated heterocycles. The maximum absolute atomic E-state index is 10.5. The van der Waals surface area contributed by atoms with Crippen LogP contribution in [-0.4, -0.2) is 24.1 Å². The Morgan fingerprint density at radius 3 is 2.91 bits per heavy atom. The van der Waals surface area contributed by atoms with E-state index in [1.807, 2.05) is 6.92 Å². The Bertz CT molecular complexity index is 149. The molecule has 1 aliphatic rings. The highest BCUT2D eigenvalue weighted by molar-refractivity contribution is 4.76. The summed E-state index contributed by atoms with van der Waals surface area (Å²) in [6.07, 6.45) is 1.87. The van der Waals surface area contributed by atoms with Crippen molar-refractivity contribution < 1.29 is 4.92 Å². The summed E-state index contributed by atoms with van der Waals surface area (Å²) in [7, 11) is 0. The number of rotatable bonds is 2. The van der Waals surface area contributed by atoms with Crippen molar-refractivity contribution in [3.8, 4) is 0 Å². The first kappa shape index (κ1) is 8.46. The molecule has 1 fully saturated rings. The van der Waals surface area contributed by atoms with Gasteiger partial charge in [0.2, 0.25) is 6.04 Å². The van der Waals surface area contributed by atoms with Gasteiger partial charge in [0.05, 0.1) is 6.54 Å². The Balaban J connectivity index is 2.51. The fourth-order valence-electron chi connectivity index (χ4n) is 1.62. The maximum Gasteiger partial charge on any atom is 0.228 e. The van der Waals surface area contributed by atoms with E-state index in [1.165, 1.54) is 0 Å². The molecule has 1 rings (SSSR count). The Kier molecular flexibility index (Phi) is 2.82. The van der Waals surface area contributed by atoms with Gasteiger partial charge in [0.1, 0.15) is 0 Å². The van der Waals surface area contributed by atoms with Crippen molar-refractivity contribution in [2.45, 2.75) is 25.8 Å². The molecule has 0 radical (unpaired) electrons. The topological polar surface area (TPSA) is 55.2 Å². The first-order valence-corrected chi connectivity index (χ1v) is 4.10. The number of nitrogens with zero attached hydrogens (tertiary/aromatic N) is 1. The van der Waals surface area contributed by atoms with Crippen molar-refractivity contribution in [3.63, 3.8) is 0 Å². The maximum atomic E-state index is 10.5. The summed E-state index contributed by atoms with van der Waals surface area (Å²) in [6, 6.07) is -0.353. The summed E-state index contributed by atoms with van der Waals surface area (Å²) in [5.74, 6) is 0.284. The van der Waals surface area contributed by atoms with Crippen LogP contribution in [0.3, 0.4) is 0 Å². The molecular weight excluding hydrogens is 144 g/mol. The van der Waals surface area contributed by atoms with E-state index in [0.717, 1.165) is 19.4 Å². The van der Waals surface area contributed by atoms with Gasteiger partial charge in [-0.05, 0) is 19.4 Å². The van der Waals surface area contributed by atoms with Crippen molar-refractivity contribution in [2.24, 2.45) is 5.92 Å². The van der Waals surface area contributed by atoms with Gasteiger partial charge in [-0.15, -0.1) is 0 Å². The van der Waals surface area contributed by atoms with E-state index in [1.54, 1.807) is 0 Å². The monoisotopic (exact) mass is 158 g/mol. The second kappa shape index (κ2) is 3.67. The predicted octanol–water partition coefficient (Wildman–Crippen LogP) is 0.651. The molecule has 0 aromatic heterocycles. The molecule has 0 aromatic rings. The zero-order valence-corrected chi connectivity index (χ0v) is 6.75. The minimum Gasteiger partial charge on any atom is -0.310 e. The van der Waals surface area contributed by atoms with Crippen LogP contribution < -0.4 is 5.32 Å². The van der Waals surface area contributed by atoms with Gasteiger partial charge >= 0.3 is 0 Å². The van der Waals surface area contributed by atoms with Crippen LogP contribution >= 0.6 is 0 Å². The summed E-state index contributed by atoms with van der Waals surface area (Å²) in [4.78, 5) is 10.3. The molecule has 1 N–H and O–H groups in total. The molecule has 0 amide bonds. The largest absolute Gasteiger partial charge is 0.310 e. The SMILES string of the molecule is CC[C@H]1CCNC[C@H]1[N+](=O)[O-]. The lowest BCUT2D eigenvalue weighted by Gasteiger charge is -2.24. The molecule has 0 bridgehead atoms. The third-order valence-corrected chi connectivity index (χ3v) is 2.38. The molecule has 0 aliphatic carbocycles. The van der Waals surface area contributed by atoms with Gasteiger partial charge < -0.3 is 5.32 Å². The normalized spacial score (nSPS) is 31.7. The van der Waals surface area contributed by atoms with Gasteiger partial charge in [0, 0.05) is 10.8 Å². The van der Waals surface area contributed by atoms with Crippen LogP contribution in [-0.2, 0) is 0 Å². The molecule has 0 spiro atoms.